The summed E-state index contributed by atoms with van der Waals surface area (Å²) in [5, 5.41) is 15.1. The quantitative estimate of drug-likeness (QED) is 0.883. The van der Waals surface area contributed by atoms with Crippen molar-refractivity contribution in [3.8, 4) is 0 Å². The predicted molar refractivity (Wildman–Crippen MR) is 77.4 cm³/mol. The van der Waals surface area contributed by atoms with Crippen molar-refractivity contribution in [2.45, 2.75) is 46.1 Å². The van der Waals surface area contributed by atoms with Gasteiger partial charge in [-0.15, -0.1) is 10.2 Å². The maximum atomic E-state index is 12.1. The summed E-state index contributed by atoms with van der Waals surface area (Å²) in [6, 6.07) is 0.0397. The fourth-order valence-corrected chi connectivity index (χ4v) is 3.22. The van der Waals surface area contributed by atoms with Crippen LogP contribution in [0.2, 0.25) is 0 Å². The molecule has 6 nitrogen and oxygen atoms in total. The van der Waals surface area contributed by atoms with Gasteiger partial charge in [0, 0.05) is 24.8 Å². The fraction of sp³-hybridized carbons (Fsp3) is 0.692. The molecule has 2 atom stereocenters. The third kappa shape index (κ3) is 4.00. The highest BCUT2D eigenvalue weighted by molar-refractivity contribution is 7.15. The summed E-state index contributed by atoms with van der Waals surface area (Å²) in [5.74, 6) is 0.0196. The van der Waals surface area contributed by atoms with Gasteiger partial charge in [-0.3, -0.25) is 9.59 Å². The van der Waals surface area contributed by atoms with Gasteiger partial charge in [-0.1, -0.05) is 25.2 Å². The topological polar surface area (TPSA) is 84.0 Å². The molecule has 0 aliphatic carbocycles. The van der Waals surface area contributed by atoms with E-state index in [0.29, 0.717) is 17.5 Å². The summed E-state index contributed by atoms with van der Waals surface area (Å²) in [5.41, 5.74) is 0. The minimum Gasteiger partial charge on any atom is -0.354 e. The average molecular weight is 296 g/mol. The summed E-state index contributed by atoms with van der Waals surface area (Å²) in [4.78, 5) is 23.6. The highest BCUT2D eigenvalue weighted by Gasteiger charge is 2.29. The van der Waals surface area contributed by atoms with Gasteiger partial charge in [0.25, 0.3) is 0 Å². The molecule has 0 unspecified atom stereocenters. The monoisotopic (exact) mass is 296 g/mol. The number of carbonyl (C=O) groups excluding carboxylic acids is 2. The molecule has 1 aromatic rings. The number of amides is 2. The molecule has 20 heavy (non-hydrogen) atoms. The maximum Gasteiger partial charge on any atom is 0.229 e. The Morgan fingerprint density at radius 1 is 1.50 bits per heavy atom. The largest absolute Gasteiger partial charge is 0.354 e. The molecule has 1 aromatic heterocycles. The summed E-state index contributed by atoms with van der Waals surface area (Å²) >= 11 is 1.40. The Morgan fingerprint density at radius 3 is 2.90 bits per heavy atom. The van der Waals surface area contributed by atoms with Crippen LogP contribution in [0.15, 0.2) is 0 Å². The first-order chi connectivity index (χ1) is 9.44. The molecule has 2 N–H and O–H groups in total. The number of nitrogens with one attached hydrogen (secondary N) is 2. The minimum absolute atomic E-state index is 0.0397. The van der Waals surface area contributed by atoms with E-state index in [0.717, 1.165) is 11.4 Å². The van der Waals surface area contributed by atoms with Gasteiger partial charge in [-0.2, -0.15) is 0 Å². The number of anilines is 1. The number of rotatable bonds is 4. The zero-order valence-corrected chi connectivity index (χ0v) is 12.8. The normalized spacial score (nSPS) is 22.7. The Bertz CT molecular complexity index is 500. The van der Waals surface area contributed by atoms with E-state index in [1.807, 2.05) is 6.92 Å². The van der Waals surface area contributed by atoms with Crippen molar-refractivity contribution in [3.05, 3.63) is 5.01 Å². The lowest BCUT2D eigenvalue weighted by molar-refractivity contribution is -0.130. The van der Waals surface area contributed by atoms with Crippen molar-refractivity contribution >= 4 is 28.3 Å². The molecule has 2 heterocycles. The smallest absolute Gasteiger partial charge is 0.229 e. The van der Waals surface area contributed by atoms with E-state index in [-0.39, 0.29) is 30.2 Å². The summed E-state index contributed by atoms with van der Waals surface area (Å²) in [7, 11) is 0. The zero-order chi connectivity index (χ0) is 14.7. The highest BCUT2D eigenvalue weighted by atomic mass is 32.1. The van der Waals surface area contributed by atoms with E-state index in [4.69, 9.17) is 0 Å². The van der Waals surface area contributed by atoms with E-state index < -0.39 is 0 Å². The summed E-state index contributed by atoms with van der Waals surface area (Å²) in [6.07, 6.45) is 1.76. The van der Waals surface area contributed by atoms with E-state index in [9.17, 15) is 9.59 Å². The molecule has 0 radical (unpaired) electrons. The molecule has 1 fully saturated rings. The van der Waals surface area contributed by atoms with E-state index in [1.54, 1.807) is 0 Å². The van der Waals surface area contributed by atoms with Gasteiger partial charge in [0.15, 0.2) is 0 Å². The molecule has 0 aromatic carbocycles. The lowest BCUT2D eigenvalue weighted by Crippen LogP contribution is -2.44. The van der Waals surface area contributed by atoms with Crippen molar-refractivity contribution in [1.29, 1.82) is 0 Å². The molecule has 0 spiro atoms. The second-order valence-corrected chi connectivity index (χ2v) is 6.76. The van der Waals surface area contributed by atoms with Crippen LogP contribution in [0.1, 0.15) is 38.6 Å². The lowest BCUT2D eigenvalue weighted by atomic mass is 9.92. The second kappa shape index (κ2) is 6.30. The average Bonchev–Trinajstić information content (AvgIpc) is 2.74. The molecule has 0 saturated carbocycles. The Kier molecular flexibility index (Phi) is 4.69. The molecule has 1 aliphatic heterocycles. The maximum absolute atomic E-state index is 12.1. The Hall–Kier alpha value is -1.50. The van der Waals surface area contributed by atoms with Gasteiger partial charge < -0.3 is 10.6 Å². The number of nitrogens with zero attached hydrogens (tertiary/aromatic N) is 2. The van der Waals surface area contributed by atoms with E-state index >= 15 is 0 Å². The molecule has 1 aliphatic rings. The summed E-state index contributed by atoms with van der Waals surface area (Å²) < 4.78 is 0. The van der Waals surface area contributed by atoms with Gasteiger partial charge in [0.05, 0.1) is 0 Å². The standard InChI is InChI=1S/C13H20N4O2S/c1-7(2)4-11-16-17-13(20-11)15-12(19)9-5-8(3)14-10(18)6-9/h7-9H,4-6H2,1-3H3,(H,14,18)(H,15,17,19)/t8-,9+/m1/s1. The number of hydrogen-bond donors (Lipinski definition) is 2. The van der Waals surface area contributed by atoms with E-state index in [2.05, 4.69) is 34.7 Å². The van der Waals surface area contributed by atoms with Crippen LogP contribution in [-0.2, 0) is 16.0 Å². The van der Waals surface area contributed by atoms with Crippen molar-refractivity contribution < 1.29 is 9.59 Å². The Balaban J connectivity index is 1.93. The number of hydrogen-bond acceptors (Lipinski definition) is 5. The van der Waals surface area contributed by atoms with Crippen LogP contribution in [0.4, 0.5) is 5.13 Å². The second-order valence-electron chi connectivity index (χ2n) is 5.69. The van der Waals surface area contributed by atoms with Gasteiger partial charge in [-0.05, 0) is 19.3 Å². The third-order valence-corrected chi connectivity index (χ3v) is 3.99. The minimum atomic E-state index is -0.281. The molecule has 0 bridgehead atoms. The Labute approximate surface area is 122 Å². The number of piperidine rings is 1. The van der Waals surface area contributed by atoms with Crippen LogP contribution in [0.3, 0.4) is 0 Å². The third-order valence-electron chi connectivity index (χ3n) is 3.13. The van der Waals surface area contributed by atoms with Crippen LogP contribution in [0.5, 0.6) is 0 Å². The highest BCUT2D eigenvalue weighted by Crippen LogP contribution is 2.22. The van der Waals surface area contributed by atoms with Crippen molar-refractivity contribution in [3.63, 3.8) is 0 Å². The van der Waals surface area contributed by atoms with Gasteiger partial charge >= 0.3 is 0 Å². The van der Waals surface area contributed by atoms with Crippen molar-refractivity contribution in [2.75, 3.05) is 5.32 Å². The molecule has 2 rings (SSSR count). The SMILES string of the molecule is CC(C)Cc1nnc(NC(=O)[C@@H]2CC(=O)N[C@H](C)C2)s1. The van der Waals surface area contributed by atoms with Crippen LogP contribution in [0.25, 0.3) is 0 Å². The first kappa shape index (κ1) is 14.9. The molecule has 1 saturated heterocycles. The summed E-state index contributed by atoms with van der Waals surface area (Å²) in [6.45, 7) is 6.13. The molecule has 2 amide bonds. The number of carbonyl (C=O) groups is 2. The van der Waals surface area contributed by atoms with Gasteiger partial charge in [-0.25, -0.2) is 0 Å². The van der Waals surface area contributed by atoms with Crippen LogP contribution < -0.4 is 10.6 Å². The molecular weight excluding hydrogens is 276 g/mol. The predicted octanol–water partition coefficient (Wildman–Crippen LogP) is 1.59. The lowest BCUT2D eigenvalue weighted by Gasteiger charge is -2.26. The first-order valence-electron chi connectivity index (χ1n) is 6.86. The molecule has 7 heteroatoms. The van der Waals surface area contributed by atoms with Crippen LogP contribution in [-0.4, -0.2) is 28.1 Å². The van der Waals surface area contributed by atoms with Crippen molar-refractivity contribution in [1.82, 2.24) is 15.5 Å². The van der Waals surface area contributed by atoms with Gasteiger partial charge in [0.2, 0.25) is 16.9 Å². The zero-order valence-electron chi connectivity index (χ0n) is 12.0. The molecule has 110 valence electrons. The van der Waals surface area contributed by atoms with Gasteiger partial charge in [0.1, 0.15) is 5.01 Å². The Morgan fingerprint density at radius 2 is 2.25 bits per heavy atom. The van der Waals surface area contributed by atoms with Crippen LogP contribution in [0, 0.1) is 11.8 Å². The molecular formula is C13H20N4O2S. The fourth-order valence-electron chi connectivity index (χ4n) is 2.27. The van der Waals surface area contributed by atoms with Crippen molar-refractivity contribution in [2.24, 2.45) is 11.8 Å². The number of aromatic nitrogens is 2. The first-order valence-corrected chi connectivity index (χ1v) is 7.68. The van der Waals surface area contributed by atoms with E-state index in [1.165, 1.54) is 11.3 Å². The van der Waals surface area contributed by atoms with Crippen LogP contribution >= 0.6 is 11.3 Å².